The molecule has 0 spiro atoms. The number of rotatable bonds is 22. The van der Waals surface area contributed by atoms with Crippen LogP contribution < -0.4 is 16.8 Å². The first-order valence-electron chi connectivity index (χ1n) is 14.0. The largest absolute Gasteiger partial charge is 0.382 e. The Morgan fingerprint density at radius 3 is 2.27 bits per heavy atom. The van der Waals surface area contributed by atoms with E-state index in [1.165, 1.54) is 0 Å². The second kappa shape index (κ2) is 18.5. The zero-order valence-corrected chi connectivity index (χ0v) is 23.6. The van der Waals surface area contributed by atoms with E-state index in [1.807, 2.05) is 31.2 Å². The van der Waals surface area contributed by atoms with Crippen molar-refractivity contribution in [2.75, 3.05) is 78.3 Å². The molecule has 5 N–H and O–H groups in total. The van der Waals surface area contributed by atoms with Gasteiger partial charge in [0, 0.05) is 38.0 Å². The van der Waals surface area contributed by atoms with Gasteiger partial charge in [0.15, 0.2) is 5.82 Å². The Hall–Kier alpha value is -2.87. The zero-order chi connectivity index (χ0) is 28.4. The smallest absolute Gasteiger partial charge is 0.222 e. The molecule has 0 atom stereocenters. The molecule has 0 saturated carbocycles. The summed E-state index contributed by atoms with van der Waals surface area (Å²) in [4.78, 5) is 21.4. The summed E-state index contributed by atoms with van der Waals surface area (Å²) < 4.78 is 29.4. The summed E-state index contributed by atoms with van der Waals surface area (Å²) in [5, 5.41) is 3.98. The molecule has 222 valence electrons. The number of carbonyl (C=O) groups is 1. The fraction of sp³-hybridized carbons (Fsp3) is 0.607. The van der Waals surface area contributed by atoms with Crippen molar-refractivity contribution in [2.45, 2.75) is 39.3 Å². The van der Waals surface area contributed by atoms with Crippen molar-refractivity contribution in [3.05, 3.63) is 30.1 Å². The molecule has 1 aromatic carbocycles. The summed E-state index contributed by atoms with van der Waals surface area (Å²) in [5.74, 6) is 1.22. The van der Waals surface area contributed by atoms with Gasteiger partial charge in [0.05, 0.1) is 63.9 Å². The third-order valence-corrected chi connectivity index (χ3v) is 6.11. The van der Waals surface area contributed by atoms with E-state index in [2.05, 4.69) is 14.9 Å². The minimum atomic E-state index is -0.0267. The van der Waals surface area contributed by atoms with Crippen molar-refractivity contribution in [2.24, 2.45) is 5.73 Å². The Balaban J connectivity index is 1.31. The van der Waals surface area contributed by atoms with Crippen LogP contribution in [0.4, 0.5) is 5.82 Å². The number of aryl methyl sites for hydroxylation is 1. The standard InChI is InChI=1S/C28H44N6O6/c1-2-36-21-24-33-26-27(22-7-3-4-8-23(22)32-28(26)30)34(24)12-6-5-11-31-25(35)9-13-37-15-17-39-19-20-40-18-16-38-14-10-29/h3-4,7-8H,2,5-6,9-21,29H2,1H3,(H2,30,32)(H,31,35). The number of para-hydroxylation sites is 1. The lowest BCUT2D eigenvalue weighted by atomic mass is 10.2. The highest BCUT2D eigenvalue weighted by molar-refractivity contribution is 6.06. The molecule has 0 aliphatic rings. The van der Waals surface area contributed by atoms with Crippen LogP contribution in [0.1, 0.15) is 32.0 Å². The molecule has 0 bridgehead atoms. The first-order valence-corrected chi connectivity index (χ1v) is 14.0. The number of benzene rings is 1. The van der Waals surface area contributed by atoms with E-state index >= 15 is 0 Å². The van der Waals surface area contributed by atoms with E-state index < -0.39 is 0 Å². The van der Waals surface area contributed by atoms with Gasteiger partial charge in [-0.2, -0.15) is 0 Å². The summed E-state index contributed by atoms with van der Waals surface area (Å²) in [6.07, 6.45) is 2.00. The van der Waals surface area contributed by atoms with Gasteiger partial charge < -0.3 is 45.0 Å². The van der Waals surface area contributed by atoms with Gasteiger partial charge in [-0.3, -0.25) is 4.79 Å². The molecule has 2 heterocycles. The van der Waals surface area contributed by atoms with Gasteiger partial charge in [0.2, 0.25) is 5.91 Å². The number of hydrogen-bond donors (Lipinski definition) is 3. The van der Waals surface area contributed by atoms with Gasteiger partial charge in [-0.15, -0.1) is 0 Å². The summed E-state index contributed by atoms with van der Waals surface area (Å²) in [6, 6.07) is 7.94. The highest BCUT2D eigenvalue weighted by Crippen LogP contribution is 2.29. The molecule has 0 saturated heterocycles. The first-order chi connectivity index (χ1) is 19.7. The number of aromatic nitrogens is 3. The number of carbonyl (C=O) groups excluding carboxylic acids is 1. The Labute approximate surface area is 235 Å². The second-order valence-electron chi connectivity index (χ2n) is 9.07. The summed E-state index contributed by atoms with van der Waals surface area (Å²) in [7, 11) is 0. The van der Waals surface area contributed by atoms with Crippen LogP contribution in [0, 0.1) is 0 Å². The molecule has 12 nitrogen and oxygen atoms in total. The van der Waals surface area contributed by atoms with Crippen LogP contribution in [0.25, 0.3) is 21.9 Å². The van der Waals surface area contributed by atoms with Gasteiger partial charge >= 0.3 is 0 Å². The van der Waals surface area contributed by atoms with E-state index in [-0.39, 0.29) is 5.91 Å². The molecule has 3 aromatic rings. The van der Waals surface area contributed by atoms with E-state index in [0.29, 0.717) is 96.9 Å². The van der Waals surface area contributed by atoms with Crippen molar-refractivity contribution in [1.29, 1.82) is 0 Å². The van der Waals surface area contributed by atoms with Gasteiger partial charge in [0.25, 0.3) is 0 Å². The van der Waals surface area contributed by atoms with Gasteiger partial charge in [-0.1, -0.05) is 18.2 Å². The fourth-order valence-electron chi connectivity index (χ4n) is 4.17. The minimum absolute atomic E-state index is 0.0267. The molecule has 0 aliphatic heterocycles. The highest BCUT2D eigenvalue weighted by Gasteiger charge is 2.17. The summed E-state index contributed by atoms with van der Waals surface area (Å²) >= 11 is 0. The van der Waals surface area contributed by atoms with E-state index in [9.17, 15) is 4.79 Å². The number of amides is 1. The molecule has 3 rings (SSSR count). The van der Waals surface area contributed by atoms with Crippen molar-refractivity contribution >= 4 is 33.7 Å². The van der Waals surface area contributed by atoms with Crippen LogP contribution in [0.5, 0.6) is 0 Å². The van der Waals surface area contributed by atoms with Crippen molar-refractivity contribution in [3.8, 4) is 0 Å². The molecule has 2 aromatic heterocycles. The van der Waals surface area contributed by atoms with Crippen molar-refractivity contribution < 1.29 is 28.5 Å². The molecule has 0 unspecified atom stereocenters. The number of hydrogen-bond acceptors (Lipinski definition) is 10. The third kappa shape index (κ3) is 10.3. The maximum Gasteiger partial charge on any atom is 0.222 e. The van der Waals surface area contributed by atoms with Crippen molar-refractivity contribution in [3.63, 3.8) is 0 Å². The molecular formula is C28H44N6O6. The first kappa shape index (κ1) is 31.7. The SMILES string of the molecule is CCOCc1nc2c(N)nc3ccccc3c2n1CCCCNC(=O)CCOCCOCCOCCOCCN. The van der Waals surface area contributed by atoms with E-state index in [1.54, 1.807) is 0 Å². The number of unbranched alkanes of at least 4 members (excludes halogenated alkanes) is 1. The van der Waals surface area contributed by atoms with Crippen LogP contribution >= 0.6 is 0 Å². The lowest BCUT2D eigenvalue weighted by molar-refractivity contribution is -0.122. The predicted molar refractivity (Wildman–Crippen MR) is 154 cm³/mol. The number of imidazole rings is 1. The molecule has 0 aliphatic carbocycles. The van der Waals surface area contributed by atoms with E-state index in [4.69, 9.17) is 40.1 Å². The van der Waals surface area contributed by atoms with Crippen molar-refractivity contribution in [1.82, 2.24) is 19.9 Å². The lowest BCUT2D eigenvalue weighted by Crippen LogP contribution is -2.26. The fourth-order valence-corrected chi connectivity index (χ4v) is 4.17. The Morgan fingerprint density at radius 2 is 1.57 bits per heavy atom. The number of nitrogens with two attached hydrogens (primary N) is 2. The number of pyridine rings is 1. The number of nitrogen functional groups attached to an aromatic ring is 1. The van der Waals surface area contributed by atoms with Gasteiger partial charge in [-0.05, 0) is 25.8 Å². The van der Waals surface area contributed by atoms with Crippen LogP contribution in [0.2, 0.25) is 0 Å². The molecule has 1 amide bonds. The zero-order valence-electron chi connectivity index (χ0n) is 23.6. The number of anilines is 1. The number of ether oxygens (including phenoxy) is 5. The number of nitrogens with zero attached hydrogens (tertiary/aromatic N) is 3. The third-order valence-electron chi connectivity index (χ3n) is 6.11. The van der Waals surface area contributed by atoms with E-state index in [0.717, 1.165) is 41.6 Å². The molecular weight excluding hydrogens is 516 g/mol. The Morgan fingerprint density at radius 1 is 0.900 bits per heavy atom. The summed E-state index contributed by atoms with van der Waals surface area (Å²) in [5.41, 5.74) is 14.1. The summed E-state index contributed by atoms with van der Waals surface area (Å²) in [6.45, 7) is 8.64. The quantitative estimate of drug-likeness (QED) is 0.155. The highest BCUT2D eigenvalue weighted by atomic mass is 16.6. The number of fused-ring (bicyclic) bond motifs is 3. The molecule has 0 fully saturated rings. The predicted octanol–water partition coefficient (Wildman–Crippen LogP) is 2.01. The van der Waals surface area contributed by atoms with Crippen LogP contribution in [-0.2, 0) is 41.6 Å². The average molecular weight is 561 g/mol. The lowest BCUT2D eigenvalue weighted by Gasteiger charge is -2.11. The van der Waals surface area contributed by atoms with Crippen LogP contribution in [0.15, 0.2) is 24.3 Å². The monoisotopic (exact) mass is 560 g/mol. The Bertz CT molecular complexity index is 1160. The van der Waals surface area contributed by atoms with Gasteiger partial charge in [0.1, 0.15) is 17.9 Å². The van der Waals surface area contributed by atoms with Gasteiger partial charge in [-0.25, -0.2) is 9.97 Å². The second-order valence-corrected chi connectivity index (χ2v) is 9.07. The maximum atomic E-state index is 12.2. The molecule has 12 heteroatoms. The topological polar surface area (TPSA) is 158 Å². The number of nitrogens with one attached hydrogen (secondary N) is 1. The van der Waals surface area contributed by atoms with Crippen LogP contribution in [-0.4, -0.2) is 93.0 Å². The normalized spacial score (nSPS) is 11.6. The average Bonchev–Trinajstić information content (AvgIpc) is 3.33. The molecule has 0 radical (unpaired) electrons. The Kier molecular flexibility index (Phi) is 14.6. The maximum absolute atomic E-state index is 12.2. The van der Waals surface area contributed by atoms with Crippen LogP contribution in [0.3, 0.4) is 0 Å². The molecule has 40 heavy (non-hydrogen) atoms. The minimum Gasteiger partial charge on any atom is -0.382 e.